The molecule has 2 saturated heterocycles. The molecule has 1 aromatic rings. The Balaban J connectivity index is 1.64. The van der Waals surface area contributed by atoms with Crippen LogP contribution in [-0.2, 0) is 6.61 Å². The third-order valence-electron chi connectivity index (χ3n) is 4.96. The van der Waals surface area contributed by atoms with Gasteiger partial charge in [0.25, 0.3) is 0 Å². The second kappa shape index (κ2) is 6.75. The topological polar surface area (TPSA) is 26.7 Å². The zero-order valence-corrected chi connectivity index (χ0v) is 12.6. The van der Waals surface area contributed by atoms with Gasteiger partial charge in [0.2, 0.25) is 0 Å². The van der Waals surface area contributed by atoms with Crippen LogP contribution >= 0.6 is 0 Å². The van der Waals surface area contributed by atoms with Gasteiger partial charge in [0.1, 0.15) is 5.82 Å². The summed E-state index contributed by atoms with van der Waals surface area (Å²) in [6.45, 7) is 4.17. The Kier molecular flexibility index (Phi) is 4.76. The molecule has 2 aliphatic rings. The molecule has 3 nitrogen and oxygen atoms in total. The van der Waals surface area contributed by atoms with Gasteiger partial charge >= 0.3 is 0 Å². The zero-order chi connectivity index (χ0) is 14.7. The molecule has 0 atom stereocenters. The molecule has 0 aromatic heterocycles. The number of piperidine rings is 2. The van der Waals surface area contributed by atoms with E-state index in [1.54, 1.807) is 6.07 Å². The van der Waals surface area contributed by atoms with E-state index in [1.807, 2.05) is 6.07 Å². The predicted molar refractivity (Wildman–Crippen MR) is 83.0 cm³/mol. The molecule has 0 radical (unpaired) electrons. The van der Waals surface area contributed by atoms with Gasteiger partial charge in [-0.3, -0.25) is 0 Å². The molecular weight excluding hydrogens is 267 g/mol. The first kappa shape index (κ1) is 14.8. The summed E-state index contributed by atoms with van der Waals surface area (Å²) in [7, 11) is 0. The van der Waals surface area contributed by atoms with Crippen LogP contribution in [0.3, 0.4) is 0 Å². The number of benzene rings is 1. The van der Waals surface area contributed by atoms with Crippen molar-refractivity contribution in [2.24, 2.45) is 0 Å². The fourth-order valence-corrected chi connectivity index (χ4v) is 3.76. The average Bonchev–Trinajstić information content (AvgIpc) is 2.55. The van der Waals surface area contributed by atoms with Crippen molar-refractivity contribution in [3.8, 4) is 0 Å². The van der Waals surface area contributed by atoms with E-state index in [0.29, 0.717) is 11.6 Å². The lowest BCUT2D eigenvalue weighted by molar-refractivity contribution is 0.141. The van der Waals surface area contributed by atoms with Gasteiger partial charge in [-0.2, -0.15) is 0 Å². The summed E-state index contributed by atoms with van der Waals surface area (Å²) < 4.78 is 13.8. The summed E-state index contributed by atoms with van der Waals surface area (Å²) in [5, 5.41) is 9.41. The van der Waals surface area contributed by atoms with Crippen molar-refractivity contribution in [2.75, 3.05) is 31.1 Å². The Morgan fingerprint density at radius 3 is 2.43 bits per heavy atom. The average molecular weight is 292 g/mol. The van der Waals surface area contributed by atoms with Crippen molar-refractivity contribution in [1.29, 1.82) is 0 Å². The molecule has 2 fully saturated rings. The quantitative estimate of drug-likeness (QED) is 0.928. The molecule has 3 rings (SSSR count). The van der Waals surface area contributed by atoms with Crippen LogP contribution in [0.15, 0.2) is 18.2 Å². The highest BCUT2D eigenvalue weighted by Gasteiger charge is 2.26. The maximum atomic E-state index is 13.8. The second-order valence-electron chi connectivity index (χ2n) is 6.21. The van der Waals surface area contributed by atoms with Gasteiger partial charge in [-0.1, -0.05) is 12.5 Å². The van der Waals surface area contributed by atoms with Crippen LogP contribution in [-0.4, -0.2) is 42.2 Å². The van der Waals surface area contributed by atoms with Crippen molar-refractivity contribution in [3.05, 3.63) is 29.6 Å². The lowest BCUT2D eigenvalue weighted by Crippen LogP contribution is -2.47. The second-order valence-corrected chi connectivity index (χ2v) is 6.21. The lowest BCUT2D eigenvalue weighted by Gasteiger charge is -2.41. The molecule has 21 heavy (non-hydrogen) atoms. The van der Waals surface area contributed by atoms with Gasteiger partial charge in [0.15, 0.2) is 0 Å². The van der Waals surface area contributed by atoms with E-state index >= 15 is 0 Å². The van der Waals surface area contributed by atoms with Gasteiger partial charge < -0.3 is 14.9 Å². The van der Waals surface area contributed by atoms with Crippen LogP contribution in [0.4, 0.5) is 10.1 Å². The molecule has 2 aliphatic heterocycles. The smallest absolute Gasteiger partial charge is 0.130 e. The van der Waals surface area contributed by atoms with Crippen LogP contribution in [0.5, 0.6) is 0 Å². The normalized spacial score (nSPS) is 21.7. The first-order valence-corrected chi connectivity index (χ1v) is 8.17. The molecule has 0 bridgehead atoms. The van der Waals surface area contributed by atoms with Gasteiger partial charge in [-0.05, 0) is 50.9 Å². The summed E-state index contributed by atoms with van der Waals surface area (Å²) in [6, 6.07) is 5.78. The minimum Gasteiger partial charge on any atom is -0.391 e. The van der Waals surface area contributed by atoms with Crippen molar-refractivity contribution in [3.63, 3.8) is 0 Å². The number of nitrogens with zero attached hydrogens (tertiary/aromatic N) is 2. The molecule has 1 aromatic carbocycles. The van der Waals surface area contributed by atoms with Gasteiger partial charge in [-0.15, -0.1) is 0 Å². The van der Waals surface area contributed by atoms with Crippen molar-refractivity contribution in [1.82, 2.24) is 4.90 Å². The molecular formula is C17H25FN2O. The molecule has 0 aliphatic carbocycles. The number of rotatable bonds is 3. The molecule has 116 valence electrons. The number of likely N-dealkylation sites (tertiary alicyclic amines) is 1. The molecule has 0 saturated carbocycles. The number of aliphatic hydroxyl groups is 1. The van der Waals surface area contributed by atoms with Crippen LogP contribution < -0.4 is 4.90 Å². The lowest BCUT2D eigenvalue weighted by atomic mass is 9.99. The Bertz CT molecular complexity index is 466. The van der Waals surface area contributed by atoms with Gasteiger partial charge in [0, 0.05) is 30.4 Å². The van der Waals surface area contributed by atoms with Crippen molar-refractivity contribution in [2.45, 2.75) is 44.8 Å². The summed E-state index contributed by atoms with van der Waals surface area (Å²) in [4.78, 5) is 4.87. The predicted octanol–water partition coefficient (Wildman–Crippen LogP) is 2.77. The highest BCUT2D eigenvalue weighted by atomic mass is 19.1. The maximum absolute atomic E-state index is 13.8. The van der Waals surface area contributed by atoms with Crippen LogP contribution in [0, 0.1) is 5.82 Å². The fourth-order valence-electron chi connectivity index (χ4n) is 3.76. The summed E-state index contributed by atoms with van der Waals surface area (Å²) in [5.41, 5.74) is 1.31. The van der Waals surface area contributed by atoms with E-state index in [1.165, 1.54) is 38.4 Å². The van der Waals surface area contributed by atoms with E-state index < -0.39 is 0 Å². The van der Waals surface area contributed by atoms with Crippen LogP contribution in [0.25, 0.3) is 0 Å². The number of halogens is 1. The Hall–Kier alpha value is -1.13. The third-order valence-corrected chi connectivity index (χ3v) is 4.96. The van der Waals surface area contributed by atoms with Gasteiger partial charge in [-0.25, -0.2) is 4.39 Å². The maximum Gasteiger partial charge on any atom is 0.130 e. The minimum absolute atomic E-state index is 0.228. The van der Waals surface area contributed by atoms with E-state index in [0.717, 1.165) is 31.6 Å². The van der Waals surface area contributed by atoms with Gasteiger partial charge in [0.05, 0.1) is 6.61 Å². The number of anilines is 1. The Morgan fingerprint density at radius 2 is 1.76 bits per heavy atom. The third kappa shape index (κ3) is 3.22. The number of hydrogen-bond donors (Lipinski definition) is 1. The molecule has 0 amide bonds. The first-order valence-electron chi connectivity index (χ1n) is 8.17. The highest BCUT2D eigenvalue weighted by molar-refractivity contribution is 5.54. The summed E-state index contributed by atoms with van der Waals surface area (Å²) in [6.07, 6.45) is 6.32. The van der Waals surface area contributed by atoms with E-state index in [2.05, 4.69) is 9.80 Å². The standard InChI is InChI=1S/C17H25FN2O/c18-16-5-4-6-17(15(16)13-21)20-11-7-14(8-12-20)19-9-2-1-3-10-19/h4-6,14,21H,1-3,7-13H2. The van der Waals surface area contributed by atoms with Crippen molar-refractivity contribution < 1.29 is 9.50 Å². The fraction of sp³-hybridized carbons (Fsp3) is 0.647. The largest absolute Gasteiger partial charge is 0.391 e. The Morgan fingerprint density at radius 1 is 1.05 bits per heavy atom. The zero-order valence-electron chi connectivity index (χ0n) is 12.6. The number of hydrogen-bond acceptors (Lipinski definition) is 3. The van der Waals surface area contributed by atoms with Crippen molar-refractivity contribution >= 4 is 5.69 Å². The molecule has 0 spiro atoms. The molecule has 2 heterocycles. The molecule has 0 unspecified atom stereocenters. The number of aliphatic hydroxyl groups excluding tert-OH is 1. The van der Waals surface area contributed by atoms with E-state index in [-0.39, 0.29) is 12.4 Å². The molecule has 1 N–H and O–H groups in total. The van der Waals surface area contributed by atoms with Crippen LogP contribution in [0.1, 0.15) is 37.7 Å². The van der Waals surface area contributed by atoms with E-state index in [9.17, 15) is 9.50 Å². The minimum atomic E-state index is -0.298. The summed E-state index contributed by atoms with van der Waals surface area (Å²) >= 11 is 0. The first-order chi connectivity index (χ1) is 10.3. The highest BCUT2D eigenvalue weighted by Crippen LogP contribution is 2.28. The molecule has 4 heteroatoms. The summed E-state index contributed by atoms with van der Waals surface area (Å²) in [5.74, 6) is -0.298. The van der Waals surface area contributed by atoms with Crippen LogP contribution in [0.2, 0.25) is 0 Å². The monoisotopic (exact) mass is 292 g/mol. The SMILES string of the molecule is OCc1c(F)cccc1N1CCC(N2CCCCC2)CC1. The Labute approximate surface area is 126 Å². The van der Waals surface area contributed by atoms with E-state index in [4.69, 9.17) is 0 Å².